The van der Waals surface area contributed by atoms with Crippen LogP contribution < -0.4 is 0 Å². The van der Waals surface area contributed by atoms with Gasteiger partial charge in [-0.3, -0.25) is 9.69 Å². The van der Waals surface area contributed by atoms with Crippen molar-refractivity contribution in [2.45, 2.75) is 70.4 Å². The summed E-state index contributed by atoms with van der Waals surface area (Å²) >= 11 is 0. The van der Waals surface area contributed by atoms with Gasteiger partial charge in [-0.2, -0.15) is 0 Å². The van der Waals surface area contributed by atoms with Crippen LogP contribution in [0, 0.1) is 17.8 Å². The van der Waals surface area contributed by atoms with Crippen molar-refractivity contribution in [3.05, 3.63) is 0 Å². The molecule has 5 heteroatoms. The van der Waals surface area contributed by atoms with Crippen molar-refractivity contribution in [3.8, 4) is 0 Å². The lowest BCUT2D eigenvalue weighted by Crippen LogP contribution is -2.63. The molecule has 4 rings (SSSR count). The van der Waals surface area contributed by atoms with Gasteiger partial charge in [-0.05, 0) is 77.0 Å². The number of nitrogens with zero attached hydrogens (tertiary/aromatic N) is 1. The van der Waals surface area contributed by atoms with Crippen LogP contribution >= 0.6 is 0 Å². The fourth-order valence-electron chi connectivity index (χ4n) is 5.27. The minimum absolute atomic E-state index is 0.249. The van der Waals surface area contributed by atoms with E-state index in [4.69, 9.17) is 4.74 Å². The smallest absolute Gasteiger partial charge is 0.411 e. The van der Waals surface area contributed by atoms with Gasteiger partial charge < -0.3 is 9.84 Å². The topological polar surface area (TPSA) is 66.8 Å². The molecule has 4 aliphatic carbocycles. The van der Waals surface area contributed by atoms with Crippen LogP contribution in [0.5, 0.6) is 0 Å². The standard InChI is InChI=1S/C17H27NO4/c1-16(2,3)22-15(21)18(10-14(19)20)17-7-11-4-12(8-17)6-13(5-11)9-17/h11-13H,4-10H2,1-3H3,(H,19,20). The summed E-state index contributed by atoms with van der Waals surface area (Å²) < 4.78 is 5.51. The molecule has 4 fully saturated rings. The van der Waals surface area contributed by atoms with Gasteiger partial charge in [0.15, 0.2) is 0 Å². The monoisotopic (exact) mass is 309 g/mol. The fraction of sp³-hybridized carbons (Fsp3) is 0.882. The summed E-state index contributed by atoms with van der Waals surface area (Å²) in [5.74, 6) is 1.02. The molecule has 4 saturated carbocycles. The minimum atomic E-state index is -0.957. The van der Waals surface area contributed by atoms with E-state index in [1.807, 2.05) is 20.8 Å². The van der Waals surface area contributed by atoms with Gasteiger partial charge in [-0.1, -0.05) is 0 Å². The number of carboxylic acid groups (broad SMARTS) is 1. The first-order valence-electron chi connectivity index (χ1n) is 8.39. The Bertz CT molecular complexity index is 444. The Kier molecular flexibility index (Phi) is 3.65. The molecular formula is C17H27NO4. The lowest BCUT2D eigenvalue weighted by Gasteiger charge is -2.59. The lowest BCUT2D eigenvalue weighted by molar-refractivity contribution is -0.144. The van der Waals surface area contributed by atoms with Crippen molar-refractivity contribution in [2.24, 2.45) is 17.8 Å². The highest BCUT2D eigenvalue weighted by Crippen LogP contribution is 2.57. The van der Waals surface area contributed by atoms with E-state index in [-0.39, 0.29) is 12.1 Å². The van der Waals surface area contributed by atoms with Gasteiger partial charge >= 0.3 is 12.1 Å². The zero-order chi connectivity index (χ0) is 16.1. The van der Waals surface area contributed by atoms with Crippen LogP contribution in [0.2, 0.25) is 0 Å². The number of hydrogen-bond donors (Lipinski definition) is 1. The number of rotatable bonds is 3. The van der Waals surface area contributed by atoms with Gasteiger partial charge in [-0.25, -0.2) is 4.79 Å². The first-order chi connectivity index (χ1) is 10.2. The van der Waals surface area contributed by atoms with E-state index in [0.29, 0.717) is 17.8 Å². The Morgan fingerprint density at radius 3 is 1.91 bits per heavy atom. The second-order valence-electron chi connectivity index (χ2n) is 8.60. The molecule has 0 aromatic rings. The molecule has 0 aliphatic heterocycles. The summed E-state index contributed by atoms with van der Waals surface area (Å²) in [6.07, 6.45) is 6.16. The molecule has 4 aliphatic rings. The number of carbonyl (C=O) groups excluding carboxylic acids is 1. The van der Waals surface area contributed by atoms with Crippen LogP contribution in [-0.2, 0) is 9.53 Å². The molecule has 124 valence electrons. The van der Waals surface area contributed by atoms with E-state index in [9.17, 15) is 14.7 Å². The average molecular weight is 309 g/mol. The second-order valence-corrected chi connectivity index (χ2v) is 8.60. The van der Waals surface area contributed by atoms with Crippen molar-refractivity contribution in [2.75, 3.05) is 6.54 Å². The maximum atomic E-state index is 12.7. The zero-order valence-electron chi connectivity index (χ0n) is 13.8. The van der Waals surface area contributed by atoms with E-state index in [1.165, 1.54) is 19.3 Å². The molecule has 0 heterocycles. The van der Waals surface area contributed by atoms with Crippen LogP contribution in [0.3, 0.4) is 0 Å². The molecule has 0 unspecified atom stereocenters. The van der Waals surface area contributed by atoms with E-state index in [0.717, 1.165) is 19.3 Å². The van der Waals surface area contributed by atoms with Crippen LogP contribution in [-0.4, -0.2) is 39.8 Å². The van der Waals surface area contributed by atoms with Gasteiger partial charge in [0.1, 0.15) is 12.1 Å². The van der Waals surface area contributed by atoms with E-state index in [1.54, 1.807) is 4.90 Å². The van der Waals surface area contributed by atoms with Gasteiger partial charge in [0.25, 0.3) is 0 Å². The largest absolute Gasteiger partial charge is 0.480 e. The Balaban J connectivity index is 1.85. The summed E-state index contributed by atoms with van der Waals surface area (Å²) in [5.41, 5.74) is -0.883. The molecule has 0 spiro atoms. The Morgan fingerprint density at radius 2 is 1.55 bits per heavy atom. The van der Waals surface area contributed by atoms with Crippen LogP contribution in [0.25, 0.3) is 0 Å². The summed E-state index contributed by atoms with van der Waals surface area (Å²) in [7, 11) is 0. The molecule has 22 heavy (non-hydrogen) atoms. The van der Waals surface area contributed by atoms with Crippen molar-refractivity contribution in [1.29, 1.82) is 0 Å². The van der Waals surface area contributed by atoms with Crippen LogP contribution in [0.15, 0.2) is 0 Å². The van der Waals surface area contributed by atoms with E-state index >= 15 is 0 Å². The van der Waals surface area contributed by atoms with Crippen molar-refractivity contribution >= 4 is 12.1 Å². The van der Waals surface area contributed by atoms with Gasteiger partial charge in [-0.15, -0.1) is 0 Å². The van der Waals surface area contributed by atoms with Crippen LogP contribution in [0.4, 0.5) is 4.79 Å². The highest BCUT2D eigenvalue weighted by atomic mass is 16.6. The third kappa shape index (κ3) is 2.95. The quantitative estimate of drug-likeness (QED) is 0.869. The summed E-state index contributed by atoms with van der Waals surface area (Å²) in [5, 5.41) is 9.28. The second kappa shape index (κ2) is 5.14. The van der Waals surface area contributed by atoms with E-state index in [2.05, 4.69) is 0 Å². The summed E-state index contributed by atoms with van der Waals surface area (Å²) in [4.78, 5) is 25.5. The maximum Gasteiger partial charge on any atom is 0.411 e. The molecule has 5 nitrogen and oxygen atoms in total. The molecule has 0 saturated heterocycles. The Labute approximate surface area is 132 Å². The molecule has 4 bridgehead atoms. The number of carboxylic acids is 1. The Morgan fingerprint density at radius 1 is 1.09 bits per heavy atom. The first kappa shape index (κ1) is 15.6. The number of hydrogen-bond acceptors (Lipinski definition) is 3. The molecule has 1 N–H and O–H groups in total. The minimum Gasteiger partial charge on any atom is -0.480 e. The third-order valence-corrected chi connectivity index (χ3v) is 5.49. The molecule has 1 amide bonds. The summed E-state index contributed by atoms with van der Waals surface area (Å²) in [6.45, 7) is 5.22. The first-order valence-corrected chi connectivity index (χ1v) is 8.39. The number of aliphatic carboxylic acids is 1. The number of ether oxygens (including phenoxy) is 1. The maximum absolute atomic E-state index is 12.7. The highest BCUT2D eigenvalue weighted by molar-refractivity contribution is 5.77. The van der Waals surface area contributed by atoms with Gasteiger partial charge in [0.2, 0.25) is 0 Å². The number of carbonyl (C=O) groups is 2. The highest BCUT2D eigenvalue weighted by Gasteiger charge is 2.55. The van der Waals surface area contributed by atoms with Crippen molar-refractivity contribution < 1.29 is 19.4 Å². The molecule has 0 aromatic heterocycles. The number of amides is 1. The molecule has 0 aromatic carbocycles. The van der Waals surface area contributed by atoms with Gasteiger partial charge in [0.05, 0.1) is 0 Å². The SMILES string of the molecule is CC(C)(C)OC(=O)N(CC(=O)O)C12CC3CC(CC(C3)C1)C2. The Hall–Kier alpha value is -1.26. The van der Waals surface area contributed by atoms with Crippen molar-refractivity contribution in [3.63, 3.8) is 0 Å². The fourth-order valence-corrected chi connectivity index (χ4v) is 5.27. The zero-order valence-corrected chi connectivity index (χ0v) is 13.8. The summed E-state index contributed by atoms with van der Waals surface area (Å²) in [6, 6.07) is 0. The van der Waals surface area contributed by atoms with Gasteiger partial charge in [0, 0.05) is 5.54 Å². The molecule has 0 radical (unpaired) electrons. The molecular weight excluding hydrogens is 282 g/mol. The van der Waals surface area contributed by atoms with E-state index < -0.39 is 17.7 Å². The van der Waals surface area contributed by atoms with Crippen LogP contribution in [0.1, 0.15) is 59.3 Å². The normalized spacial score (nSPS) is 36.2. The average Bonchev–Trinajstić information content (AvgIpc) is 2.31. The predicted molar refractivity (Wildman–Crippen MR) is 81.5 cm³/mol. The van der Waals surface area contributed by atoms with Crippen molar-refractivity contribution in [1.82, 2.24) is 4.90 Å². The molecule has 0 atom stereocenters. The third-order valence-electron chi connectivity index (χ3n) is 5.49. The lowest BCUT2D eigenvalue weighted by atomic mass is 9.52. The predicted octanol–water partition coefficient (Wildman–Crippen LogP) is 3.28.